The summed E-state index contributed by atoms with van der Waals surface area (Å²) in [6.45, 7) is 14.4. The Bertz CT molecular complexity index is 985. The van der Waals surface area contributed by atoms with Crippen LogP contribution in [0, 0.1) is 11.8 Å². The van der Waals surface area contributed by atoms with Gasteiger partial charge in [0.1, 0.15) is 12.5 Å². The van der Waals surface area contributed by atoms with E-state index in [0.29, 0.717) is 43.4 Å². The predicted molar refractivity (Wildman–Crippen MR) is 245 cm³/mol. The number of rotatable bonds is 43. The van der Waals surface area contributed by atoms with Gasteiger partial charge in [0.2, 0.25) is 0 Å². The molecule has 1 unspecified atom stereocenters. The van der Waals surface area contributed by atoms with Gasteiger partial charge in [-0.05, 0) is 76.4 Å². The molecule has 0 aliphatic carbocycles. The van der Waals surface area contributed by atoms with E-state index in [-0.39, 0.29) is 5.97 Å². The van der Waals surface area contributed by atoms with Crippen LogP contribution < -0.4 is 4.72 Å². The van der Waals surface area contributed by atoms with Gasteiger partial charge in [-0.1, -0.05) is 161 Å². The highest BCUT2D eigenvalue weighted by molar-refractivity contribution is 7.82. The number of nitrogens with one attached hydrogen (secondary N) is 1. The monoisotopic (exact) mass is 840 g/mol. The van der Waals surface area contributed by atoms with Crippen molar-refractivity contribution in [2.75, 3.05) is 46.5 Å². The summed E-state index contributed by atoms with van der Waals surface area (Å²) in [7, 11) is 0.656. The lowest BCUT2D eigenvalue weighted by Gasteiger charge is -2.22. The fourth-order valence-electron chi connectivity index (χ4n) is 7.46. The summed E-state index contributed by atoms with van der Waals surface area (Å²) < 4.78 is 30.9. The van der Waals surface area contributed by atoms with Crippen LogP contribution in [0.15, 0.2) is 16.9 Å². The van der Waals surface area contributed by atoms with Gasteiger partial charge in [-0.15, -0.1) is 0 Å². The average molecular weight is 840 g/mol. The first-order valence-corrected chi connectivity index (χ1v) is 25.6. The minimum Gasteiger partial charge on any atom is -0.466 e. The molecular weight excluding hydrogens is 747 g/mol. The Morgan fingerprint density at radius 2 is 1.24 bits per heavy atom. The molecule has 1 N–H and O–H groups in total. The smallest absolute Gasteiger partial charge is 0.305 e. The summed E-state index contributed by atoms with van der Waals surface area (Å²) in [4.78, 5) is 25.3. The minimum atomic E-state index is -1.15. The molecule has 0 spiro atoms. The molecule has 0 saturated carbocycles. The number of carbonyl (C=O) groups excluding carboxylic acids is 2. The number of hydrogen-bond acceptors (Lipinski definition) is 8. The van der Waals surface area contributed by atoms with Crippen molar-refractivity contribution in [1.29, 1.82) is 0 Å². The number of methoxy groups -OCH3 is 1. The molecule has 0 aliphatic rings. The van der Waals surface area contributed by atoms with Crippen molar-refractivity contribution in [3.8, 4) is 0 Å². The third-order valence-corrected chi connectivity index (χ3v) is 12.3. The molecule has 1 aromatic heterocycles. The van der Waals surface area contributed by atoms with E-state index in [9.17, 15) is 13.8 Å². The highest BCUT2D eigenvalue weighted by atomic mass is 32.2. The maximum atomic E-state index is 12.3. The molecule has 10 heteroatoms. The van der Waals surface area contributed by atoms with Gasteiger partial charge >= 0.3 is 5.97 Å². The molecule has 1 rings (SSSR count). The van der Waals surface area contributed by atoms with Gasteiger partial charge in [0, 0.05) is 39.2 Å². The van der Waals surface area contributed by atoms with Gasteiger partial charge < -0.3 is 23.7 Å². The molecule has 1 atom stereocenters. The Morgan fingerprint density at radius 1 is 0.707 bits per heavy atom. The third kappa shape index (κ3) is 38.6. The van der Waals surface area contributed by atoms with E-state index in [1.165, 1.54) is 128 Å². The maximum absolute atomic E-state index is 12.3. The van der Waals surface area contributed by atoms with Crippen LogP contribution in [0.4, 0.5) is 0 Å². The third-order valence-electron chi connectivity index (χ3n) is 11.2. The first kappa shape index (κ1) is 56.4. The summed E-state index contributed by atoms with van der Waals surface area (Å²) in [5, 5.41) is 3.83. The number of aldehydes is 1. The molecule has 58 heavy (non-hydrogen) atoms. The lowest BCUT2D eigenvalue weighted by Crippen LogP contribution is -2.30. The Hall–Kier alpha value is -1.62. The SMILES string of the molecule is CCCCC(CCCC)CCOC.CCCCCC(CCCCC)CCOC(=O)CCCCCCCN(CCCCCCCC=O)CCCNS(=O)Cc1ccon1. The molecule has 0 aliphatic heterocycles. The van der Waals surface area contributed by atoms with Gasteiger partial charge in [0.05, 0.1) is 29.0 Å². The van der Waals surface area contributed by atoms with Crippen molar-refractivity contribution in [1.82, 2.24) is 14.8 Å². The number of carbonyl (C=O) groups is 2. The van der Waals surface area contributed by atoms with Crippen molar-refractivity contribution < 1.29 is 27.8 Å². The molecular formula is C48H93N3O6S. The van der Waals surface area contributed by atoms with E-state index in [0.717, 1.165) is 89.8 Å². The molecule has 0 aromatic carbocycles. The topological polar surface area (TPSA) is 111 Å². The lowest BCUT2D eigenvalue weighted by molar-refractivity contribution is -0.144. The summed E-state index contributed by atoms with van der Waals surface area (Å²) in [5.41, 5.74) is 0.701. The van der Waals surface area contributed by atoms with E-state index >= 15 is 0 Å². The van der Waals surface area contributed by atoms with Crippen LogP contribution in [-0.2, 0) is 35.8 Å². The first-order valence-electron chi connectivity index (χ1n) is 24.2. The minimum absolute atomic E-state index is 0.0243. The standard InChI is InChI=1S/C36H67N3O5S.C12H26O/c1-3-5-14-21-34(22-15-6-4-2)24-31-43-36(41)23-16-10-9-12-18-28-39(27-17-11-7-8-13-19-30-40)29-20-26-37-45(42)33-35-25-32-44-38-35;1-4-6-8-12(9-7-5-2)10-11-13-3/h25,30,32,34,37H,3-24,26-29,31,33H2,1-2H3;12H,4-11H2,1-3H3. The van der Waals surface area contributed by atoms with Crippen LogP contribution >= 0.6 is 0 Å². The van der Waals surface area contributed by atoms with Crippen molar-refractivity contribution in [2.24, 2.45) is 11.8 Å². The Kier molecular flexibility index (Phi) is 43.7. The molecule has 0 radical (unpaired) electrons. The Morgan fingerprint density at radius 3 is 1.79 bits per heavy atom. The van der Waals surface area contributed by atoms with Crippen LogP contribution in [-0.4, -0.2) is 73.0 Å². The van der Waals surface area contributed by atoms with Gasteiger partial charge in [0.25, 0.3) is 0 Å². The molecule has 0 bridgehead atoms. The lowest BCUT2D eigenvalue weighted by atomic mass is 9.92. The van der Waals surface area contributed by atoms with Crippen molar-refractivity contribution in [3.05, 3.63) is 18.0 Å². The normalized spacial score (nSPS) is 12.0. The largest absolute Gasteiger partial charge is 0.466 e. The second-order valence-corrected chi connectivity index (χ2v) is 17.9. The zero-order valence-corrected chi connectivity index (χ0v) is 39.4. The van der Waals surface area contributed by atoms with E-state index in [1.54, 1.807) is 13.2 Å². The molecule has 342 valence electrons. The van der Waals surface area contributed by atoms with Gasteiger partial charge in [0.15, 0.2) is 0 Å². The zero-order valence-electron chi connectivity index (χ0n) is 38.6. The van der Waals surface area contributed by atoms with E-state index in [2.05, 4.69) is 42.5 Å². The number of aromatic nitrogens is 1. The van der Waals surface area contributed by atoms with E-state index in [4.69, 9.17) is 14.0 Å². The molecule has 9 nitrogen and oxygen atoms in total. The highest BCUT2D eigenvalue weighted by Gasteiger charge is 2.12. The van der Waals surface area contributed by atoms with Crippen LogP contribution in [0.25, 0.3) is 0 Å². The molecule has 0 amide bonds. The molecule has 0 fully saturated rings. The van der Waals surface area contributed by atoms with Gasteiger partial charge in [-0.3, -0.25) is 4.79 Å². The summed E-state index contributed by atoms with van der Waals surface area (Å²) in [6, 6.07) is 1.74. The predicted octanol–water partition coefficient (Wildman–Crippen LogP) is 12.7. The molecule has 1 aromatic rings. The van der Waals surface area contributed by atoms with E-state index in [1.807, 2.05) is 0 Å². The Labute approximate surface area is 360 Å². The highest BCUT2D eigenvalue weighted by Crippen LogP contribution is 2.22. The van der Waals surface area contributed by atoms with Gasteiger partial charge in [-0.25, -0.2) is 8.93 Å². The summed E-state index contributed by atoms with van der Waals surface area (Å²) >= 11 is 0. The number of ether oxygens (including phenoxy) is 2. The van der Waals surface area contributed by atoms with Crippen molar-refractivity contribution >= 4 is 23.2 Å². The number of hydrogen-bond donors (Lipinski definition) is 1. The molecule has 0 saturated heterocycles. The average Bonchev–Trinajstić information content (AvgIpc) is 3.74. The summed E-state index contributed by atoms with van der Waals surface area (Å²) in [6.07, 6.45) is 36.6. The van der Waals surface area contributed by atoms with Crippen LogP contribution in [0.2, 0.25) is 0 Å². The first-order chi connectivity index (χ1) is 28.4. The maximum Gasteiger partial charge on any atom is 0.305 e. The van der Waals surface area contributed by atoms with Crippen LogP contribution in [0.5, 0.6) is 0 Å². The van der Waals surface area contributed by atoms with Crippen LogP contribution in [0.1, 0.15) is 220 Å². The van der Waals surface area contributed by atoms with Crippen molar-refractivity contribution in [3.63, 3.8) is 0 Å². The number of esters is 1. The molecule has 1 heterocycles. The number of nitrogens with zero attached hydrogens (tertiary/aromatic N) is 2. The number of unbranched alkanes of at least 4 members (excludes halogenated alkanes) is 15. The second-order valence-electron chi connectivity index (χ2n) is 16.6. The summed E-state index contributed by atoms with van der Waals surface area (Å²) in [5.74, 6) is 1.96. The van der Waals surface area contributed by atoms with Gasteiger partial charge in [-0.2, -0.15) is 0 Å². The van der Waals surface area contributed by atoms with E-state index < -0.39 is 11.0 Å². The quantitative estimate of drug-likeness (QED) is 0.0393. The Balaban J connectivity index is 0.00000213. The second kappa shape index (κ2) is 44.9. The fourth-order valence-corrected chi connectivity index (χ4v) is 8.36. The zero-order chi connectivity index (χ0) is 42.6. The van der Waals surface area contributed by atoms with Crippen LogP contribution in [0.3, 0.4) is 0 Å². The van der Waals surface area contributed by atoms with Crippen molar-refractivity contribution in [2.45, 2.75) is 220 Å². The fraction of sp³-hybridized carbons (Fsp3) is 0.896.